The molecule has 0 aromatic carbocycles. The average Bonchev–Trinajstić information content (AvgIpc) is 3.89. The maximum Gasteiger partial charge on any atom is 0.0133 e. The summed E-state index contributed by atoms with van der Waals surface area (Å²) in [5.41, 5.74) is 0.606. The first-order valence-corrected chi connectivity index (χ1v) is 28.3. The maximum atomic E-state index is 4.13. The Bertz CT molecular complexity index is 1400. The summed E-state index contributed by atoms with van der Waals surface area (Å²) in [7, 11) is 0. The highest BCUT2D eigenvalue weighted by Crippen LogP contribution is 2.65. The van der Waals surface area contributed by atoms with Crippen LogP contribution in [-0.2, 0) is 0 Å². The van der Waals surface area contributed by atoms with Gasteiger partial charge in [-0.05, 0) is 217 Å². The molecule has 3 aliphatic heterocycles. The second-order valence-electron chi connectivity index (χ2n) is 26.0. The molecule has 12 fully saturated rings. The molecule has 1 N–H and O–H groups in total. The molecule has 332 valence electrons. The molecule has 3 nitrogen and oxygen atoms in total. The van der Waals surface area contributed by atoms with Gasteiger partial charge in [0.2, 0.25) is 0 Å². The molecule has 12 rings (SSSR count). The first-order valence-electron chi connectivity index (χ1n) is 28.3. The number of rotatable bonds is 5. The van der Waals surface area contributed by atoms with Gasteiger partial charge in [0.15, 0.2) is 0 Å². The van der Waals surface area contributed by atoms with E-state index in [1.54, 1.807) is 141 Å². The first-order chi connectivity index (χ1) is 29.0. The molecular formula is C56H93N3. The summed E-state index contributed by atoms with van der Waals surface area (Å²) in [5.74, 6) is 13.5. The van der Waals surface area contributed by atoms with Crippen LogP contribution in [0, 0.1) is 82.3 Å². The molecule has 3 heterocycles. The lowest BCUT2D eigenvalue weighted by Gasteiger charge is -2.50. The van der Waals surface area contributed by atoms with E-state index in [1.807, 2.05) is 0 Å². The Morgan fingerprint density at radius 2 is 0.898 bits per heavy atom. The maximum absolute atomic E-state index is 4.13. The van der Waals surface area contributed by atoms with E-state index in [2.05, 4.69) is 29.0 Å². The van der Waals surface area contributed by atoms with Crippen molar-refractivity contribution < 1.29 is 0 Å². The monoisotopic (exact) mass is 808 g/mol. The molecule has 0 amide bonds. The quantitative estimate of drug-likeness (QED) is 0.298. The van der Waals surface area contributed by atoms with E-state index in [0.29, 0.717) is 5.41 Å². The zero-order chi connectivity index (χ0) is 39.2. The molecule has 59 heavy (non-hydrogen) atoms. The van der Waals surface area contributed by atoms with Crippen molar-refractivity contribution in [2.75, 3.05) is 6.54 Å². The molecule has 0 aromatic heterocycles. The number of nitrogens with zero attached hydrogens (tertiary/aromatic N) is 2. The number of hydrogen-bond acceptors (Lipinski definition) is 3. The Hall–Kier alpha value is -0.120. The molecule has 12 aliphatic rings. The smallest absolute Gasteiger partial charge is 0.0133 e. The molecule has 0 bridgehead atoms. The molecule has 3 heteroatoms. The Kier molecular flexibility index (Phi) is 11.4. The van der Waals surface area contributed by atoms with Gasteiger partial charge in [-0.1, -0.05) is 90.9 Å². The van der Waals surface area contributed by atoms with Crippen LogP contribution < -0.4 is 5.32 Å². The van der Waals surface area contributed by atoms with Crippen LogP contribution in [0.25, 0.3) is 0 Å². The Morgan fingerprint density at radius 3 is 1.58 bits per heavy atom. The van der Waals surface area contributed by atoms with E-state index in [9.17, 15) is 0 Å². The fraction of sp³-hybridized carbons (Fsp3) is 1.00. The van der Waals surface area contributed by atoms with Crippen molar-refractivity contribution in [2.45, 2.75) is 262 Å². The van der Waals surface area contributed by atoms with Gasteiger partial charge in [0.25, 0.3) is 0 Å². The lowest BCUT2D eigenvalue weighted by atomic mass is 9.62. The number of likely N-dealkylation sites (tertiary alicyclic amines) is 2. The number of piperidine rings is 1. The van der Waals surface area contributed by atoms with Crippen LogP contribution in [0.2, 0.25) is 0 Å². The van der Waals surface area contributed by atoms with Gasteiger partial charge >= 0.3 is 0 Å². The molecule has 0 spiro atoms. The minimum atomic E-state index is 0.606. The topological polar surface area (TPSA) is 18.5 Å². The highest BCUT2D eigenvalue weighted by molar-refractivity contribution is 5.13. The number of fused-ring (bicyclic) bond motifs is 9. The lowest BCUT2D eigenvalue weighted by molar-refractivity contribution is -0.00204. The molecular weight excluding hydrogens is 715 g/mol. The van der Waals surface area contributed by atoms with Gasteiger partial charge in [-0.15, -0.1) is 0 Å². The summed E-state index contributed by atoms with van der Waals surface area (Å²) in [6.07, 6.45) is 49.7. The van der Waals surface area contributed by atoms with Gasteiger partial charge < -0.3 is 5.32 Å². The van der Waals surface area contributed by atoms with Gasteiger partial charge in [-0.2, -0.15) is 0 Å². The summed E-state index contributed by atoms with van der Waals surface area (Å²) in [6.45, 7) is 6.75. The number of hydrogen-bond donors (Lipinski definition) is 1. The summed E-state index contributed by atoms with van der Waals surface area (Å²) < 4.78 is 0. The van der Waals surface area contributed by atoms with Crippen molar-refractivity contribution in [3.05, 3.63) is 0 Å². The Balaban J connectivity index is 0.751. The Labute approximate surface area is 364 Å². The van der Waals surface area contributed by atoms with E-state index in [1.165, 1.54) is 70.8 Å². The van der Waals surface area contributed by atoms with Crippen molar-refractivity contribution in [3.8, 4) is 0 Å². The second kappa shape index (κ2) is 16.7. The van der Waals surface area contributed by atoms with Crippen molar-refractivity contribution >= 4 is 0 Å². The van der Waals surface area contributed by atoms with Crippen molar-refractivity contribution in [1.82, 2.24) is 15.1 Å². The minimum absolute atomic E-state index is 0.606. The lowest BCUT2D eigenvalue weighted by Crippen LogP contribution is -2.53. The van der Waals surface area contributed by atoms with Crippen LogP contribution >= 0.6 is 0 Å². The van der Waals surface area contributed by atoms with Crippen LogP contribution in [0.4, 0.5) is 0 Å². The minimum Gasteiger partial charge on any atom is -0.314 e. The standard InChI is InChI=1S/C56H93N3/c1-56(2)49-19-9-6-16-43(49)46-35-41(25-26-50(46)56)58-52-21-10-7-17-44(52)47-33-37(23-27-54(47)58)38-24-28-55-48(34-38)45-18-8-11-22-53(45)59(55)42-31-39(36-14-4-3-5-15-36)30-40(32-42)51-20-12-13-29-57-51/h36-55,57H,3-35H2,1-2H3. The predicted octanol–water partition coefficient (Wildman–Crippen LogP) is 13.4. The third-order valence-corrected chi connectivity index (χ3v) is 23.7. The number of nitrogens with one attached hydrogen (secondary N) is 1. The zero-order valence-electron chi connectivity index (χ0n) is 38.8. The molecule has 0 aromatic rings. The first kappa shape index (κ1) is 40.4. The van der Waals surface area contributed by atoms with Gasteiger partial charge in [0, 0.05) is 42.3 Å². The van der Waals surface area contributed by atoms with E-state index < -0.39 is 0 Å². The van der Waals surface area contributed by atoms with Crippen molar-refractivity contribution in [3.63, 3.8) is 0 Å². The summed E-state index contributed by atoms with van der Waals surface area (Å²) in [4.78, 5) is 6.81. The molecule has 19 atom stereocenters. The Morgan fingerprint density at radius 1 is 0.339 bits per heavy atom. The van der Waals surface area contributed by atoms with E-state index in [-0.39, 0.29) is 0 Å². The zero-order valence-corrected chi connectivity index (χ0v) is 38.8. The largest absolute Gasteiger partial charge is 0.314 e. The summed E-state index contributed by atoms with van der Waals surface area (Å²) in [6, 6.07) is 6.45. The summed E-state index contributed by atoms with van der Waals surface area (Å²) in [5, 5.41) is 4.13. The normalized spacial score (nSPS) is 53.1. The van der Waals surface area contributed by atoms with Crippen molar-refractivity contribution in [2.24, 2.45) is 82.3 Å². The highest BCUT2D eigenvalue weighted by atomic mass is 15.3. The second-order valence-corrected chi connectivity index (χ2v) is 26.0. The van der Waals surface area contributed by atoms with Gasteiger partial charge in [0.1, 0.15) is 0 Å². The molecule has 0 radical (unpaired) electrons. The van der Waals surface area contributed by atoms with Crippen LogP contribution in [-0.4, -0.2) is 58.6 Å². The van der Waals surface area contributed by atoms with Gasteiger partial charge in [-0.25, -0.2) is 0 Å². The van der Waals surface area contributed by atoms with Crippen LogP contribution in [0.5, 0.6) is 0 Å². The molecule has 9 aliphatic carbocycles. The molecule has 19 unspecified atom stereocenters. The predicted molar refractivity (Wildman–Crippen MR) is 245 cm³/mol. The van der Waals surface area contributed by atoms with E-state index in [4.69, 9.17) is 0 Å². The fourth-order valence-electron chi connectivity index (χ4n) is 21.5. The van der Waals surface area contributed by atoms with Crippen LogP contribution in [0.15, 0.2) is 0 Å². The highest BCUT2D eigenvalue weighted by Gasteiger charge is 2.61. The van der Waals surface area contributed by atoms with E-state index >= 15 is 0 Å². The van der Waals surface area contributed by atoms with Crippen LogP contribution in [0.3, 0.4) is 0 Å². The van der Waals surface area contributed by atoms with Gasteiger partial charge in [-0.3, -0.25) is 9.80 Å². The SMILES string of the molecule is CC1(C)C2CCCCC2C2CC(N3C4CCCCC4C4CC(C5CCC6C(C5)C5CCCCC5N6C5CC(C6CCCCC6)CC(C6CCCCN6)C5)CCC43)CCC21. The van der Waals surface area contributed by atoms with Gasteiger partial charge in [0.05, 0.1) is 0 Å². The van der Waals surface area contributed by atoms with E-state index in [0.717, 1.165) is 119 Å². The van der Waals surface area contributed by atoms with Crippen LogP contribution in [0.1, 0.15) is 219 Å². The average molecular weight is 808 g/mol. The van der Waals surface area contributed by atoms with Crippen molar-refractivity contribution in [1.29, 1.82) is 0 Å². The molecule has 3 saturated heterocycles. The third kappa shape index (κ3) is 7.07. The third-order valence-electron chi connectivity index (χ3n) is 23.7. The fourth-order valence-corrected chi connectivity index (χ4v) is 21.5. The molecule has 9 saturated carbocycles. The summed E-state index contributed by atoms with van der Waals surface area (Å²) >= 11 is 0.